The zero-order chi connectivity index (χ0) is 10.8. The van der Waals surface area contributed by atoms with Crippen LogP contribution < -0.4 is 0 Å². The molecule has 3 nitrogen and oxygen atoms in total. The van der Waals surface area contributed by atoms with Gasteiger partial charge in [0.2, 0.25) is 0 Å². The second-order valence-corrected chi connectivity index (χ2v) is 3.65. The summed E-state index contributed by atoms with van der Waals surface area (Å²) in [4.78, 5) is 15.0. The largest absolute Gasteiger partial charge is 0.331 e. The number of carbonyl (C=O) groups is 1. The van der Waals surface area contributed by atoms with Crippen molar-refractivity contribution >= 4 is 17.9 Å². The summed E-state index contributed by atoms with van der Waals surface area (Å²) in [5.74, 6) is 0. The molecule has 0 amide bonds. The summed E-state index contributed by atoms with van der Waals surface area (Å²) in [7, 11) is 1.79. The minimum atomic E-state index is 0.567. The highest BCUT2D eigenvalue weighted by molar-refractivity contribution is 6.30. The maximum absolute atomic E-state index is 10.9. The molecule has 0 radical (unpaired) electrons. The number of nitrogens with zero attached hydrogens (tertiary/aromatic N) is 2. The first-order chi connectivity index (χ1) is 7.22. The van der Waals surface area contributed by atoms with Crippen molar-refractivity contribution in [2.24, 2.45) is 7.05 Å². The Bertz CT molecular complexity index is 488. The van der Waals surface area contributed by atoms with E-state index >= 15 is 0 Å². The SMILES string of the molecule is Cn1cnc(-c2ccc(Cl)cc2)c1C=O. The monoisotopic (exact) mass is 220 g/mol. The van der Waals surface area contributed by atoms with Crippen LogP contribution in [0.5, 0.6) is 0 Å². The van der Waals surface area contributed by atoms with Gasteiger partial charge in [0.25, 0.3) is 0 Å². The summed E-state index contributed by atoms with van der Waals surface area (Å²) in [6, 6.07) is 7.25. The van der Waals surface area contributed by atoms with Crippen molar-refractivity contribution in [2.45, 2.75) is 0 Å². The summed E-state index contributed by atoms with van der Waals surface area (Å²) in [6.45, 7) is 0. The number of hydrogen-bond donors (Lipinski definition) is 0. The van der Waals surface area contributed by atoms with E-state index < -0.39 is 0 Å². The van der Waals surface area contributed by atoms with Gasteiger partial charge in [0.05, 0.1) is 12.0 Å². The van der Waals surface area contributed by atoms with E-state index in [9.17, 15) is 4.79 Å². The van der Waals surface area contributed by atoms with Crippen LogP contribution >= 0.6 is 11.6 Å². The second kappa shape index (κ2) is 3.87. The standard InChI is InChI=1S/C11H9ClN2O/c1-14-7-13-11(10(14)6-15)8-2-4-9(12)5-3-8/h2-7H,1H3. The molecule has 1 aromatic heterocycles. The summed E-state index contributed by atoms with van der Waals surface area (Å²) in [5.41, 5.74) is 2.14. The third kappa shape index (κ3) is 1.78. The van der Waals surface area contributed by atoms with Crippen molar-refractivity contribution in [1.82, 2.24) is 9.55 Å². The lowest BCUT2D eigenvalue weighted by Crippen LogP contribution is -1.94. The molecule has 0 saturated carbocycles. The van der Waals surface area contributed by atoms with Gasteiger partial charge in [0.1, 0.15) is 5.69 Å². The molecule has 1 aromatic carbocycles. The van der Waals surface area contributed by atoms with Gasteiger partial charge in [-0.25, -0.2) is 4.98 Å². The van der Waals surface area contributed by atoms with Gasteiger partial charge < -0.3 is 4.57 Å². The maximum Gasteiger partial charge on any atom is 0.168 e. The van der Waals surface area contributed by atoms with Crippen molar-refractivity contribution in [3.8, 4) is 11.3 Å². The average Bonchev–Trinajstić information content (AvgIpc) is 2.61. The molecule has 0 atom stereocenters. The van der Waals surface area contributed by atoms with Gasteiger partial charge in [-0.05, 0) is 12.1 Å². The normalized spacial score (nSPS) is 10.3. The molecule has 0 aliphatic carbocycles. The Balaban J connectivity index is 2.53. The van der Waals surface area contributed by atoms with Crippen LogP contribution in [-0.2, 0) is 7.05 Å². The van der Waals surface area contributed by atoms with Crippen molar-refractivity contribution in [3.05, 3.63) is 41.3 Å². The molecule has 2 rings (SSSR count). The predicted octanol–water partition coefficient (Wildman–Crippen LogP) is 2.55. The molecule has 1 heterocycles. The molecule has 4 heteroatoms. The molecule has 2 aromatic rings. The fourth-order valence-electron chi connectivity index (χ4n) is 1.41. The summed E-state index contributed by atoms with van der Waals surface area (Å²) < 4.78 is 1.69. The van der Waals surface area contributed by atoms with Gasteiger partial charge in [0, 0.05) is 17.6 Å². The van der Waals surface area contributed by atoms with Crippen molar-refractivity contribution in [3.63, 3.8) is 0 Å². The van der Waals surface area contributed by atoms with Crippen molar-refractivity contribution in [1.29, 1.82) is 0 Å². The van der Waals surface area contributed by atoms with Crippen molar-refractivity contribution in [2.75, 3.05) is 0 Å². The van der Waals surface area contributed by atoms with Gasteiger partial charge in [-0.3, -0.25) is 4.79 Å². The summed E-state index contributed by atoms with van der Waals surface area (Å²) in [6.07, 6.45) is 2.42. The minimum Gasteiger partial charge on any atom is -0.331 e. The molecular formula is C11H9ClN2O. The molecule has 0 bridgehead atoms. The Morgan fingerprint density at radius 2 is 2.00 bits per heavy atom. The number of aromatic nitrogens is 2. The first-order valence-electron chi connectivity index (χ1n) is 4.45. The van der Waals surface area contributed by atoms with Crippen LogP contribution in [0.2, 0.25) is 5.02 Å². The molecule has 15 heavy (non-hydrogen) atoms. The number of aryl methyl sites for hydroxylation is 1. The van der Waals surface area contributed by atoms with E-state index in [1.807, 2.05) is 12.1 Å². The van der Waals surface area contributed by atoms with Crippen LogP contribution in [0.25, 0.3) is 11.3 Å². The molecule has 0 fully saturated rings. The fraction of sp³-hybridized carbons (Fsp3) is 0.0909. The van der Waals surface area contributed by atoms with Gasteiger partial charge in [0.15, 0.2) is 6.29 Å². The quantitative estimate of drug-likeness (QED) is 0.729. The van der Waals surface area contributed by atoms with Crippen LogP contribution in [0.1, 0.15) is 10.5 Å². The number of benzene rings is 1. The number of halogens is 1. The molecule has 0 saturated heterocycles. The molecule has 76 valence electrons. The Kier molecular flexibility index (Phi) is 2.56. The van der Waals surface area contributed by atoms with E-state index in [0.29, 0.717) is 16.4 Å². The second-order valence-electron chi connectivity index (χ2n) is 3.21. The smallest absolute Gasteiger partial charge is 0.168 e. The Morgan fingerprint density at radius 1 is 1.33 bits per heavy atom. The van der Waals surface area contributed by atoms with Crippen LogP contribution in [0.15, 0.2) is 30.6 Å². The predicted molar refractivity (Wildman–Crippen MR) is 59.0 cm³/mol. The lowest BCUT2D eigenvalue weighted by molar-refractivity contribution is 0.111. The topological polar surface area (TPSA) is 34.9 Å². The third-order valence-electron chi connectivity index (χ3n) is 2.21. The van der Waals surface area contributed by atoms with Gasteiger partial charge in [-0.1, -0.05) is 23.7 Å². The van der Waals surface area contributed by atoms with E-state index in [-0.39, 0.29) is 0 Å². The van der Waals surface area contributed by atoms with Crippen molar-refractivity contribution < 1.29 is 4.79 Å². The van der Waals surface area contributed by atoms with E-state index in [2.05, 4.69) is 4.98 Å². The van der Waals surface area contributed by atoms with Gasteiger partial charge >= 0.3 is 0 Å². The maximum atomic E-state index is 10.9. The first-order valence-corrected chi connectivity index (χ1v) is 4.82. The minimum absolute atomic E-state index is 0.567. The first kappa shape index (κ1) is 9.93. The number of aldehydes is 1. The lowest BCUT2D eigenvalue weighted by atomic mass is 10.1. The molecule has 0 unspecified atom stereocenters. The molecule has 0 spiro atoms. The highest BCUT2D eigenvalue weighted by Gasteiger charge is 2.09. The summed E-state index contributed by atoms with van der Waals surface area (Å²) in [5, 5.41) is 0.669. The molecular weight excluding hydrogens is 212 g/mol. The fourth-order valence-corrected chi connectivity index (χ4v) is 1.53. The van der Waals surface area contributed by atoms with E-state index in [1.54, 1.807) is 30.1 Å². The van der Waals surface area contributed by atoms with Crippen LogP contribution in [0.3, 0.4) is 0 Å². The highest BCUT2D eigenvalue weighted by Crippen LogP contribution is 2.22. The Morgan fingerprint density at radius 3 is 2.60 bits per heavy atom. The Labute approximate surface area is 92.3 Å². The number of imidazole rings is 1. The van der Waals surface area contributed by atoms with E-state index in [0.717, 1.165) is 11.8 Å². The van der Waals surface area contributed by atoms with E-state index in [4.69, 9.17) is 11.6 Å². The zero-order valence-electron chi connectivity index (χ0n) is 8.14. The van der Waals surface area contributed by atoms with E-state index in [1.165, 1.54) is 0 Å². The molecule has 0 N–H and O–H groups in total. The summed E-state index contributed by atoms with van der Waals surface area (Å²) >= 11 is 5.78. The Hall–Kier alpha value is -1.61. The number of hydrogen-bond acceptors (Lipinski definition) is 2. The third-order valence-corrected chi connectivity index (χ3v) is 2.46. The van der Waals surface area contributed by atoms with Crippen LogP contribution in [0.4, 0.5) is 0 Å². The number of rotatable bonds is 2. The highest BCUT2D eigenvalue weighted by atomic mass is 35.5. The molecule has 0 aliphatic heterocycles. The van der Waals surface area contributed by atoms with Gasteiger partial charge in [-0.2, -0.15) is 0 Å². The zero-order valence-corrected chi connectivity index (χ0v) is 8.90. The average molecular weight is 221 g/mol. The molecule has 0 aliphatic rings. The van der Waals surface area contributed by atoms with Crippen LogP contribution in [0, 0.1) is 0 Å². The number of carbonyl (C=O) groups excluding carboxylic acids is 1. The van der Waals surface area contributed by atoms with Gasteiger partial charge in [-0.15, -0.1) is 0 Å². The van der Waals surface area contributed by atoms with Crippen LogP contribution in [-0.4, -0.2) is 15.8 Å². The lowest BCUT2D eigenvalue weighted by Gasteiger charge is -1.99.